The highest BCUT2D eigenvalue weighted by atomic mass is 35.5. The van der Waals surface area contributed by atoms with Gasteiger partial charge in [0.15, 0.2) is 0 Å². The van der Waals surface area contributed by atoms with Crippen molar-refractivity contribution in [3.05, 3.63) is 46.4 Å². The number of rotatable bonds is 7. The van der Waals surface area contributed by atoms with E-state index in [0.717, 1.165) is 10.6 Å². The number of benzene rings is 2. The van der Waals surface area contributed by atoms with Crippen LogP contribution in [0.3, 0.4) is 0 Å². The maximum absolute atomic E-state index is 12.5. The second kappa shape index (κ2) is 8.69. The molecule has 0 aliphatic rings. The van der Waals surface area contributed by atoms with Gasteiger partial charge in [0.05, 0.1) is 36.9 Å². The molecule has 0 radical (unpaired) electrons. The van der Waals surface area contributed by atoms with Gasteiger partial charge in [0, 0.05) is 11.1 Å². The fourth-order valence-corrected chi connectivity index (χ4v) is 3.58. The molecule has 0 saturated carbocycles. The molecule has 0 fully saturated rings. The van der Waals surface area contributed by atoms with Gasteiger partial charge in [-0.1, -0.05) is 23.2 Å². The van der Waals surface area contributed by atoms with Gasteiger partial charge < -0.3 is 14.8 Å². The number of hydrogen-bond donors (Lipinski definition) is 1. The van der Waals surface area contributed by atoms with E-state index < -0.39 is 22.5 Å². The maximum atomic E-state index is 12.5. The number of carbonyl (C=O) groups excluding carboxylic acids is 1. The summed E-state index contributed by atoms with van der Waals surface area (Å²) in [7, 11) is -0.844. The van der Waals surface area contributed by atoms with Crippen molar-refractivity contribution < 1.29 is 22.7 Å². The lowest BCUT2D eigenvalue weighted by molar-refractivity contribution is -0.114. The van der Waals surface area contributed by atoms with E-state index >= 15 is 0 Å². The van der Waals surface area contributed by atoms with Crippen molar-refractivity contribution in [1.82, 2.24) is 0 Å². The number of methoxy groups -OCH3 is 2. The molecule has 0 aliphatic carbocycles. The second-order valence-corrected chi connectivity index (χ2v) is 8.23. The highest BCUT2D eigenvalue weighted by Gasteiger charge is 2.24. The molecular formula is C17H18Cl2N2O5S. The predicted octanol–water partition coefficient (Wildman–Crippen LogP) is 3.42. The van der Waals surface area contributed by atoms with Crippen LogP contribution in [0.15, 0.2) is 36.4 Å². The first-order chi connectivity index (χ1) is 12.7. The van der Waals surface area contributed by atoms with Gasteiger partial charge >= 0.3 is 0 Å². The quantitative estimate of drug-likeness (QED) is 0.724. The molecule has 0 unspecified atom stereocenters. The zero-order valence-corrected chi connectivity index (χ0v) is 17.2. The van der Waals surface area contributed by atoms with E-state index in [0.29, 0.717) is 22.2 Å². The highest BCUT2D eigenvalue weighted by Crippen LogP contribution is 2.31. The molecule has 0 heterocycles. The van der Waals surface area contributed by atoms with Crippen molar-refractivity contribution >= 4 is 50.5 Å². The van der Waals surface area contributed by atoms with Crippen LogP contribution in [0.2, 0.25) is 10.0 Å². The number of ether oxygens (including phenoxy) is 2. The minimum absolute atomic E-state index is 0.114. The Hall–Kier alpha value is -2.16. The molecule has 2 aromatic rings. The first-order valence-electron chi connectivity index (χ1n) is 7.60. The zero-order valence-electron chi connectivity index (χ0n) is 14.8. The largest absolute Gasteiger partial charge is 0.497 e. The van der Waals surface area contributed by atoms with Crippen molar-refractivity contribution in [1.29, 1.82) is 0 Å². The van der Waals surface area contributed by atoms with Gasteiger partial charge in [-0.3, -0.25) is 9.10 Å². The van der Waals surface area contributed by atoms with Crippen LogP contribution in [0.4, 0.5) is 11.4 Å². The Labute approximate surface area is 167 Å². The number of sulfonamides is 1. The van der Waals surface area contributed by atoms with Gasteiger partial charge in [0.25, 0.3) is 0 Å². The molecule has 7 nitrogen and oxygen atoms in total. The van der Waals surface area contributed by atoms with Crippen LogP contribution >= 0.6 is 23.2 Å². The Morgan fingerprint density at radius 1 is 1.11 bits per heavy atom. The minimum Gasteiger partial charge on any atom is -0.497 e. The SMILES string of the molecule is COc1ccc(NC(=O)CN(c2cc(Cl)ccc2Cl)S(C)(=O)=O)c(OC)c1. The fraction of sp³-hybridized carbons (Fsp3) is 0.235. The van der Waals surface area contributed by atoms with Crippen LogP contribution < -0.4 is 19.1 Å². The van der Waals surface area contributed by atoms with Crippen LogP contribution in [0, 0.1) is 0 Å². The average molecular weight is 433 g/mol. The van der Waals surface area contributed by atoms with Crippen molar-refractivity contribution in [2.24, 2.45) is 0 Å². The first-order valence-corrected chi connectivity index (χ1v) is 10.2. The Kier molecular flexibility index (Phi) is 6.80. The van der Waals surface area contributed by atoms with Crippen molar-refractivity contribution in [3.8, 4) is 11.5 Å². The molecule has 10 heteroatoms. The van der Waals surface area contributed by atoms with Gasteiger partial charge in [-0.05, 0) is 30.3 Å². The third-order valence-electron chi connectivity index (χ3n) is 3.55. The number of anilines is 2. The van der Waals surface area contributed by atoms with E-state index in [-0.39, 0.29) is 10.7 Å². The van der Waals surface area contributed by atoms with E-state index in [1.165, 1.54) is 32.4 Å². The molecule has 2 rings (SSSR count). The topological polar surface area (TPSA) is 84.9 Å². The number of hydrogen-bond acceptors (Lipinski definition) is 5. The summed E-state index contributed by atoms with van der Waals surface area (Å²) in [6.07, 6.45) is 0.978. The Morgan fingerprint density at radius 3 is 2.41 bits per heavy atom. The fourth-order valence-electron chi connectivity index (χ4n) is 2.28. The highest BCUT2D eigenvalue weighted by molar-refractivity contribution is 7.92. The van der Waals surface area contributed by atoms with Crippen molar-refractivity contribution in [3.63, 3.8) is 0 Å². The van der Waals surface area contributed by atoms with Crippen LogP contribution in [0.1, 0.15) is 0 Å². The number of nitrogens with zero attached hydrogens (tertiary/aromatic N) is 1. The first kappa shape index (κ1) is 21.1. The molecule has 0 saturated heterocycles. The van der Waals surface area contributed by atoms with Crippen LogP contribution in [-0.2, 0) is 14.8 Å². The molecule has 0 aliphatic heterocycles. The summed E-state index contributed by atoms with van der Waals surface area (Å²) in [6, 6.07) is 9.19. The standard InChI is InChI=1S/C17H18Cl2N2O5S/c1-25-12-5-7-14(16(9-12)26-2)20-17(22)10-21(27(3,23)24)15-8-11(18)4-6-13(15)19/h4-9H,10H2,1-3H3,(H,20,22). The minimum atomic E-state index is -3.79. The van der Waals surface area contributed by atoms with Crippen LogP contribution in [0.5, 0.6) is 11.5 Å². The predicted molar refractivity (Wildman–Crippen MR) is 107 cm³/mol. The van der Waals surface area contributed by atoms with E-state index in [1.807, 2.05) is 0 Å². The summed E-state index contributed by atoms with van der Waals surface area (Å²) in [5, 5.41) is 3.06. The molecule has 2 aromatic carbocycles. The summed E-state index contributed by atoms with van der Waals surface area (Å²) in [5.41, 5.74) is 0.484. The van der Waals surface area contributed by atoms with Crippen molar-refractivity contribution in [2.75, 3.05) is 36.6 Å². The number of nitrogens with one attached hydrogen (secondary N) is 1. The lowest BCUT2D eigenvalue weighted by Gasteiger charge is -2.23. The Morgan fingerprint density at radius 2 is 1.81 bits per heavy atom. The average Bonchev–Trinajstić information content (AvgIpc) is 2.61. The van der Waals surface area contributed by atoms with Crippen molar-refractivity contribution in [2.45, 2.75) is 0 Å². The molecule has 0 aromatic heterocycles. The van der Waals surface area contributed by atoms with Gasteiger partial charge in [-0.25, -0.2) is 8.42 Å². The molecular weight excluding hydrogens is 415 g/mol. The molecule has 0 spiro atoms. The smallest absolute Gasteiger partial charge is 0.245 e. The van der Waals surface area contributed by atoms with Crippen LogP contribution in [-0.4, -0.2) is 41.3 Å². The summed E-state index contributed by atoms with van der Waals surface area (Å²) >= 11 is 12.0. The van der Waals surface area contributed by atoms with Gasteiger partial charge in [-0.2, -0.15) is 0 Å². The zero-order chi connectivity index (χ0) is 20.2. The lowest BCUT2D eigenvalue weighted by atomic mass is 10.2. The Bertz CT molecular complexity index is 950. The molecule has 27 heavy (non-hydrogen) atoms. The van der Waals surface area contributed by atoms with Crippen LogP contribution in [0.25, 0.3) is 0 Å². The maximum Gasteiger partial charge on any atom is 0.245 e. The number of halogens is 2. The molecule has 0 atom stereocenters. The van der Waals surface area contributed by atoms with E-state index in [4.69, 9.17) is 32.7 Å². The second-order valence-electron chi connectivity index (χ2n) is 5.48. The van der Waals surface area contributed by atoms with Gasteiger partial charge in [0.1, 0.15) is 18.0 Å². The number of amides is 1. The Balaban J connectivity index is 2.29. The normalized spacial score (nSPS) is 11.0. The summed E-state index contributed by atoms with van der Waals surface area (Å²) < 4.78 is 35.6. The third kappa shape index (κ3) is 5.41. The molecule has 1 N–H and O–H groups in total. The lowest BCUT2D eigenvalue weighted by Crippen LogP contribution is -2.37. The van der Waals surface area contributed by atoms with Gasteiger partial charge in [-0.15, -0.1) is 0 Å². The summed E-state index contributed by atoms with van der Waals surface area (Å²) in [5.74, 6) is 0.336. The number of carbonyl (C=O) groups is 1. The third-order valence-corrected chi connectivity index (χ3v) is 5.23. The van der Waals surface area contributed by atoms with E-state index in [1.54, 1.807) is 18.2 Å². The molecule has 1 amide bonds. The van der Waals surface area contributed by atoms with E-state index in [2.05, 4.69) is 5.32 Å². The van der Waals surface area contributed by atoms with Gasteiger partial charge in [0.2, 0.25) is 15.9 Å². The molecule has 146 valence electrons. The molecule has 0 bridgehead atoms. The summed E-state index contributed by atoms with van der Waals surface area (Å²) in [4.78, 5) is 12.5. The monoisotopic (exact) mass is 432 g/mol. The summed E-state index contributed by atoms with van der Waals surface area (Å²) in [6.45, 7) is -0.492. The van der Waals surface area contributed by atoms with E-state index in [9.17, 15) is 13.2 Å².